The molecule has 0 aliphatic heterocycles. The lowest BCUT2D eigenvalue weighted by molar-refractivity contribution is 0.483. The molecular weight excluding hydrogens is 355 g/mol. The molecule has 19 heavy (non-hydrogen) atoms. The molecule has 0 atom stereocenters. The van der Waals surface area contributed by atoms with E-state index in [-0.39, 0.29) is 17.3 Å². The second-order valence-corrected chi connectivity index (χ2v) is 6.30. The van der Waals surface area contributed by atoms with Crippen molar-refractivity contribution in [2.75, 3.05) is 0 Å². The van der Waals surface area contributed by atoms with E-state index in [0.29, 0.717) is 10.9 Å². The Labute approximate surface area is 124 Å². The highest BCUT2D eigenvalue weighted by Crippen LogP contribution is 2.27. The number of aromatic nitrogens is 2. The first-order valence-electron chi connectivity index (χ1n) is 6.53. The highest BCUT2D eigenvalue weighted by atomic mass is 127. The SMILES string of the molecule is Cc1c(I)ccc2[nH]c(=O)n(C3CCCC3)c(=O)c12. The van der Waals surface area contributed by atoms with E-state index in [2.05, 4.69) is 27.6 Å². The molecule has 0 saturated heterocycles. The van der Waals surface area contributed by atoms with Crippen molar-refractivity contribution in [1.29, 1.82) is 0 Å². The number of rotatable bonds is 1. The van der Waals surface area contributed by atoms with Gasteiger partial charge in [-0.15, -0.1) is 0 Å². The van der Waals surface area contributed by atoms with Crippen LogP contribution >= 0.6 is 22.6 Å². The van der Waals surface area contributed by atoms with Gasteiger partial charge in [0.25, 0.3) is 5.56 Å². The molecule has 1 saturated carbocycles. The van der Waals surface area contributed by atoms with Crippen LogP contribution in [0.5, 0.6) is 0 Å². The first-order chi connectivity index (χ1) is 9.09. The Hall–Kier alpha value is -1.11. The maximum absolute atomic E-state index is 12.6. The number of H-pyrrole nitrogens is 1. The van der Waals surface area contributed by atoms with Crippen LogP contribution < -0.4 is 11.2 Å². The van der Waals surface area contributed by atoms with E-state index in [1.165, 1.54) is 4.57 Å². The summed E-state index contributed by atoms with van der Waals surface area (Å²) in [5.74, 6) is 0. The fraction of sp³-hybridized carbons (Fsp3) is 0.429. The number of hydrogen-bond acceptors (Lipinski definition) is 2. The maximum atomic E-state index is 12.6. The Morgan fingerprint density at radius 1 is 1.26 bits per heavy atom. The number of halogens is 1. The van der Waals surface area contributed by atoms with Crippen LogP contribution in [-0.2, 0) is 0 Å². The minimum atomic E-state index is -0.273. The van der Waals surface area contributed by atoms with Crippen molar-refractivity contribution in [3.8, 4) is 0 Å². The Morgan fingerprint density at radius 2 is 1.95 bits per heavy atom. The molecule has 0 amide bonds. The second kappa shape index (κ2) is 4.77. The third kappa shape index (κ3) is 2.04. The number of benzene rings is 1. The van der Waals surface area contributed by atoms with Crippen LogP contribution in [0.15, 0.2) is 21.7 Å². The molecule has 0 spiro atoms. The van der Waals surface area contributed by atoms with E-state index < -0.39 is 0 Å². The zero-order valence-electron chi connectivity index (χ0n) is 10.7. The molecule has 1 fully saturated rings. The number of aromatic amines is 1. The number of fused-ring (bicyclic) bond motifs is 1. The Bertz CT molecular complexity index is 754. The zero-order valence-corrected chi connectivity index (χ0v) is 12.9. The molecule has 1 aliphatic carbocycles. The highest BCUT2D eigenvalue weighted by molar-refractivity contribution is 14.1. The van der Waals surface area contributed by atoms with Gasteiger partial charge in [0.15, 0.2) is 0 Å². The van der Waals surface area contributed by atoms with Crippen molar-refractivity contribution in [3.63, 3.8) is 0 Å². The molecule has 1 aromatic carbocycles. The van der Waals surface area contributed by atoms with Gasteiger partial charge in [-0.05, 0) is 60.1 Å². The molecule has 3 rings (SSSR count). The summed E-state index contributed by atoms with van der Waals surface area (Å²) in [7, 11) is 0. The van der Waals surface area contributed by atoms with E-state index >= 15 is 0 Å². The molecule has 2 aromatic rings. The Morgan fingerprint density at radius 3 is 2.63 bits per heavy atom. The quantitative estimate of drug-likeness (QED) is 0.785. The summed E-state index contributed by atoms with van der Waals surface area (Å²) in [6.45, 7) is 1.93. The molecule has 4 nitrogen and oxygen atoms in total. The van der Waals surface area contributed by atoms with Crippen LogP contribution in [0.4, 0.5) is 0 Å². The second-order valence-electron chi connectivity index (χ2n) is 5.14. The van der Waals surface area contributed by atoms with Gasteiger partial charge >= 0.3 is 5.69 Å². The van der Waals surface area contributed by atoms with Gasteiger partial charge in [-0.25, -0.2) is 4.79 Å². The van der Waals surface area contributed by atoms with Gasteiger partial charge in [0.2, 0.25) is 0 Å². The Balaban J connectivity index is 2.38. The van der Waals surface area contributed by atoms with E-state index in [9.17, 15) is 9.59 Å². The topological polar surface area (TPSA) is 54.9 Å². The fourth-order valence-corrected chi connectivity index (χ4v) is 3.40. The average Bonchev–Trinajstić information content (AvgIpc) is 2.87. The van der Waals surface area contributed by atoms with E-state index in [0.717, 1.165) is 34.8 Å². The number of hydrogen-bond donors (Lipinski definition) is 1. The predicted octanol–water partition coefficient (Wildman–Crippen LogP) is 2.72. The fourth-order valence-electron chi connectivity index (χ4n) is 2.95. The van der Waals surface area contributed by atoms with Gasteiger partial charge in [-0.3, -0.25) is 9.36 Å². The first kappa shape index (κ1) is 12.9. The zero-order chi connectivity index (χ0) is 13.6. The van der Waals surface area contributed by atoms with Crippen LogP contribution in [0.1, 0.15) is 37.3 Å². The highest BCUT2D eigenvalue weighted by Gasteiger charge is 2.22. The van der Waals surface area contributed by atoms with E-state index in [1.54, 1.807) is 0 Å². The third-order valence-electron chi connectivity index (χ3n) is 3.98. The number of nitrogens with zero attached hydrogens (tertiary/aromatic N) is 1. The summed E-state index contributed by atoms with van der Waals surface area (Å²) in [4.78, 5) is 27.6. The third-order valence-corrected chi connectivity index (χ3v) is 5.15. The molecular formula is C14H15IN2O2. The maximum Gasteiger partial charge on any atom is 0.329 e. The molecule has 1 aliphatic rings. The van der Waals surface area contributed by atoms with Gasteiger partial charge in [-0.1, -0.05) is 12.8 Å². The summed E-state index contributed by atoms with van der Waals surface area (Å²) in [5, 5.41) is 0.651. The number of aryl methyl sites for hydroxylation is 1. The molecule has 5 heteroatoms. The van der Waals surface area contributed by atoms with Crippen molar-refractivity contribution in [1.82, 2.24) is 9.55 Å². The molecule has 0 unspecified atom stereocenters. The summed E-state index contributed by atoms with van der Waals surface area (Å²) < 4.78 is 2.48. The van der Waals surface area contributed by atoms with Crippen LogP contribution in [-0.4, -0.2) is 9.55 Å². The summed E-state index contributed by atoms with van der Waals surface area (Å²) in [6.07, 6.45) is 4.05. The van der Waals surface area contributed by atoms with Crippen LogP contribution in [0.25, 0.3) is 10.9 Å². The first-order valence-corrected chi connectivity index (χ1v) is 7.61. The van der Waals surface area contributed by atoms with Crippen molar-refractivity contribution < 1.29 is 0 Å². The molecule has 1 aromatic heterocycles. The van der Waals surface area contributed by atoms with Gasteiger partial charge in [-0.2, -0.15) is 0 Å². The van der Waals surface area contributed by atoms with Crippen molar-refractivity contribution >= 4 is 33.5 Å². The molecule has 0 bridgehead atoms. The van der Waals surface area contributed by atoms with Gasteiger partial charge in [0, 0.05) is 9.61 Å². The smallest absolute Gasteiger partial charge is 0.307 e. The van der Waals surface area contributed by atoms with Crippen LogP contribution in [0, 0.1) is 10.5 Å². The predicted molar refractivity (Wildman–Crippen MR) is 83.8 cm³/mol. The van der Waals surface area contributed by atoms with E-state index in [4.69, 9.17) is 0 Å². The minimum Gasteiger partial charge on any atom is -0.307 e. The average molecular weight is 370 g/mol. The lowest BCUT2D eigenvalue weighted by Gasteiger charge is -2.14. The monoisotopic (exact) mass is 370 g/mol. The number of nitrogens with one attached hydrogen (secondary N) is 1. The van der Waals surface area contributed by atoms with Gasteiger partial charge in [0.1, 0.15) is 0 Å². The molecule has 0 radical (unpaired) electrons. The van der Waals surface area contributed by atoms with Crippen molar-refractivity contribution in [2.45, 2.75) is 38.6 Å². The van der Waals surface area contributed by atoms with Crippen LogP contribution in [0.2, 0.25) is 0 Å². The lowest BCUT2D eigenvalue weighted by Crippen LogP contribution is -2.37. The van der Waals surface area contributed by atoms with Crippen LogP contribution in [0.3, 0.4) is 0 Å². The largest absolute Gasteiger partial charge is 0.329 e. The van der Waals surface area contributed by atoms with Crippen molar-refractivity contribution in [3.05, 3.63) is 42.1 Å². The molecule has 1 heterocycles. The summed E-state index contributed by atoms with van der Waals surface area (Å²) in [5.41, 5.74) is 1.18. The van der Waals surface area contributed by atoms with E-state index in [1.807, 2.05) is 19.1 Å². The normalized spacial score (nSPS) is 16.3. The Kier molecular flexibility index (Phi) is 3.24. The minimum absolute atomic E-state index is 0.0675. The van der Waals surface area contributed by atoms with Gasteiger partial charge in [0.05, 0.1) is 10.9 Å². The summed E-state index contributed by atoms with van der Waals surface area (Å²) in [6, 6.07) is 3.80. The summed E-state index contributed by atoms with van der Waals surface area (Å²) >= 11 is 2.22. The lowest BCUT2D eigenvalue weighted by atomic mass is 10.1. The van der Waals surface area contributed by atoms with Gasteiger partial charge < -0.3 is 4.98 Å². The molecule has 1 N–H and O–H groups in total. The van der Waals surface area contributed by atoms with Crippen molar-refractivity contribution in [2.24, 2.45) is 0 Å². The standard InChI is InChI=1S/C14H15IN2O2/c1-8-10(15)6-7-11-12(8)13(18)17(14(19)16-11)9-4-2-3-5-9/h6-7,9H,2-5H2,1H3,(H,16,19). The molecule has 100 valence electrons.